The van der Waals surface area contributed by atoms with Crippen LogP contribution in [0.3, 0.4) is 0 Å². The molecule has 1 fully saturated rings. The summed E-state index contributed by atoms with van der Waals surface area (Å²) >= 11 is 0. The van der Waals surface area contributed by atoms with Crippen molar-refractivity contribution >= 4 is 11.6 Å². The lowest BCUT2D eigenvalue weighted by atomic mass is 10.2. The second-order valence-electron chi connectivity index (χ2n) is 7.97. The number of aryl methyl sites for hydroxylation is 1. The van der Waals surface area contributed by atoms with Crippen molar-refractivity contribution in [1.29, 1.82) is 0 Å². The fraction of sp³-hybridized carbons (Fsp3) is 0.364. The molecule has 32 heavy (non-hydrogen) atoms. The third kappa shape index (κ3) is 3.84. The van der Waals surface area contributed by atoms with Gasteiger partial charge in [0.05, 0.1) is 12.2 Å². The minimum atomic E-state index is -0.0901. The van der Waals surface area contributed by atoms with E-state index < -0.39 is 0 Å². The van der Waals surface area contributed by atoms with Crippen LogP contribution >= 0.6 is 0 Å². The van der Waals surface area contributed by atoms with Crippen molar-refractivity contribution in [2.75, 3.05) is 37.6 Å². The van der Waals surface area contributed by atoms with Crippen molar-refractivity contribution in [1.82, 2.24) is 39.2 Å². The van der Waals surface area contributed by atoms with Crippen LogP contribution in [-0.4, -0.2) is 72.0 Å². The van der Waals surface area contributed by atoms with E-state index in [1.54, 1.807) is 35.5 Å². The first-order valence-electron chi connectivity index (χ1n) is 10.7. The molecule has 0 aromatic carbocycles. The zero-order valence-electron chi connectivity index (χ0n) is 18.2. The molecule has 0 amide bonds. The van der Waals surface area contributed by atoms with Crippen LogP contribution < -0.4 is 10.5 Å². The summed E-state index contributed by atoms with van der Waals surface area (Å²) < 4.78 is 3.37. The highest BCUT2D eigenvalue weighted by Gasteiger charge is 2.22. The van der Waals surface area contributed by atoms with Crippen molar-refractivity contribution in [3.8, 4) is 11.3 Å². The van der Waals surface area contributed by atoms with E-state index in [0.29, 0.717) is 12.3 Å². The van der Waals surface area contributed by atoms with Gasteiger partial charge in [-0.1, -0.05) is 0 Å². The van der Waals surface area contributed by atoms with E-state index in [4.69, 9.17) is 0 Å². The quantitative estimate of drug-likeness (QED) is 0.465. The normalized spacial score (nSPS) is 14.9. The first-order chi connectivity index (χ1) is 15.6. The van der Waals surface area contributed by atoms with Gasteiger partial charge in [0.1, 0.15) is 12.1 Å². The highest BCUT2D eigenvalue weighted by molar-refractivity contribution is 5.56. The van der Waals surface area contributed by atoms with E-state index in [-0.39, 0.29) is 5.56 Å². The standard InChI is InChI=1S/C22H25N9O/c1-16-17(2)26-22-24-15-25-31(22)21(16)29-11-8-28(9-12-29)10-13-30-20(32)6-5-19(27-30)18-4-3-7-23-14-18/h3-7,14-15H,8-13H2,1-2H3. The molecule has 4 aromatic heterocycles. The lowest BCUT2D eigenvalue weighted by Crippen LogP contribution is -2.48. The van der Waals surface area contributed by atoms with E-state index in [0.717, 1.165) is 61.1 Å². The Morgan fingerprint density at radius 3 is 2.66 bits per heavy atom. The summed E-state index contributed by atoms with van der Waals surface area (Å²) in [7, 11) is 0. The maximum Gasteiger partial charge on any atom is 0.266 e. The molecule has 0 aliphatic carbocycles. The van der Waals surface area contributed by atoms with Crippen LogP contribution in [0.4, 0.5) is 5.82 Å². The van der Waals surface area contributed by atoms with Crippen molar-refractivity contribution in [2.45, 2.75) is 20.4 Å². The summed E-state index contributed by atoms with van der Waals surface area (Å²) in [4.78, 5) is 29.9. The molecule has 10 nitrogen and oxygen atoms in total. The number of hydrogen-bond donors (Lipinski definition) is 0. The number of pyridine rings is 1. The Labute approximate surface area is 185 Å². The highest BCUT2D eigenvalue weighted by atomic mass is 16.1. The van der Waals surface area contributed by atoms with E-state index in [9.17, 15) is 4.79 Å². The van der Waals surface area contributed by atoms with Gasteiger partial charge in [0.15, 0.2) is 0 Å². The Morgan fingerprint density at radius 2 is 1.88 bits per heavy atom. The summed E-state index contributed by atoms with van der Waals surface area (Å²) in [6.07, 6.45) is 5.03. The Bertz CT molecular complexity index is 1290. The van der Waals surface area contributed by atoms with Crippen molar-refractivity contribution < 1.29 is 0 Å². The van der Waals surface area contributed by atoms with Gasteiger partial charge in [0.25, 0.3) is 11.3 Å². The van der Waals surface area contributed by atoms with Crippen LogP contribution in [0.1, 0.15) is 11.3 Å². The van der Waals surface area contributed by atoms with Gasteiger partial charge < -0.3 is 4.90 Å². The van der Waals surface area contributed by atoms with E-state index in [1.165, 1.54) is 0 Å². The van der Waals surface area contributed by atoms with E-state index in [2.05, 4.69) is 41.9 Å². The van der Waals surface area contributed by atoms with Gasteiger partial charge >= 0.3 is 0 Å². The van der Waals surface area contributed by atoms with Crippen LogP contribution in [0.15, 0.2) is 47.8 Å². The number of fused-ring (bicyclic) bond motifs is 1. The van der Waals surface area contributed by atoms with Crippen molar-refractivity contribution in [3.63, 3.8) is 0 Å². The molecule has 5 rings (SSSR count). The SMILES string of the molecule is Cc1nc2ncnn2c(N2CCN(CCn3nc(-c4cccnc4)ccc3=O)CC2)c1C. The van der Waals surface area contributed by atoms with Crippen molar-refractivity contribution in [2.24, 2.45) is 0 Å². The lowest BCUT2D eigenvalue weighted by Gasteiger charge is -2.36. The molecule has 0 atom stereocenters. The van der Waals surface area contributed by atoms with Gasteiger partial charge in [-0.2, -0.15) is 19.7 Å². The first kappa shape index (κ1) is 20.3. The third-order valence-corrected chi connectivity index (χ3v) is 6.00. The van der Waals surface area contributed by atoms with Gasteiger partial charge in [0, 0.05) is 68.0 Å². The molecule has 0 radical (unpaired) electrons. The monoisotopic (exact) mass is 431 g/mol. The molecule has 10 heteroatoms. The zero-order valence-corrected chi connectivity index (χ0v) is 18.2. The summed E-state index contributed by atoms with van der Waals surface area (Å²) in [5.74, 6) is 1.69. The fourth-order valence-electron chi connectivity index (χ4n) is 4.08. The van der Waals surface area contributed by atoms with Crippen LogP contribution in [0.2, 0.25) is 0 Å². The average molecular weight is 432 g/mol. The summed E-state index contributed by atoms with van der Waals surface area (Å²) in [5.41, 5.74) is 3.66. The van der Waals surface area contributed by atoms with Gasteiger partial charge in [-0.05, 0) is 32.0 Å². The summed E-state index contributed by atoms with van der Waals surface area (Å²) in [6, 6.07) is 7.13. The van der Waals surface area contributed by atoms with Crippen LogP contribution in [0.25, 0.3) is 17.0 Å². The Hall–Kier alpha value is -3.66. The van der Waals surface area contributed by atoms with Gasteiger partial charge in [-0.15, -0.1) is 0 Å². The Morgan fingerprint density at radius 1 is 1.03 bits per heavy atom. The third-order valence-electron chi connectivity index (χ3n) is 6.00. The maximum atomic E-state index is 12.3. The average Bonchev–Trinajstić information content (AvgIpc) is 3.28. The number of hydrogen-bond acceptors (Lipinski definition) is 8. The van der Waals surface area contributed by atoms with Crippen LogP contribution in [0.5, 0.6) is 0 Å². The molecule has 1 aliphatic heterocycles. The molecule has 164 valence electrons. The predicted molar refractivity (Wildman–Crippen MR) is 121 cm³/mol. The van der Waals surface area contributed by atoms with Crippen LogP contribution in [-0.2, 0) is 6.54 Å². The minimum Gasteiger partial charge on any atom is -0.354 e. The molecule has 0 bridgehead atoms. The van der Waals surface area contributed by atoms with Gasteiger partial charge in [-0.3, -0.25) is 14.7 Å². The molecule has 0 unspecified atom stereocenters. The number of aromatic nitrogens is 7. The van der Waals surface area contributed by atoms with Gasteiger partial charge in [0.2, 0.25) is 0 Å². The molecule has 4 aromatic rings. The number of anilines is 1. The lowest BCUT2D eigenvalue weighted by molar-refractivity contribution is 0.242. The van der Waals surface area contributed by atoms with E-state index >= 15 is 0 Å². The molecule has 0 N–H and O–H groups in total. The molecule has 1 saturated heterocycles. The summed E-state index contributed by atoms with van der Waals surface area (Å²) in [6.45, 7) is 8.95. The van der Waals surface area contributed by atoms with Crippen LogP contribution in [0, 0.1) is 13.8 Å². The molecular weight excluding hydrogens is 406 g/mol. The topological polar surface area (TPSA) is 97.3 Å². The number of nitrogens with zero attached hydrogens (tertiary/aromatic N) is 9. The van der Waals surface area contributed by atoms with E-state index in [1.807, 2.05) is 23.6 Å². The highest BCUT2D eigenvalue weighted by Crippen LogP contribution is 2.23. The molecule has 0 spiro atoms. The minimum absolute atomic E-state index is 0.0901. The molecular formula is C22H25N9O. The summed E-state index contributed by atoms with van der Waals surface area (Å²) in [5, 5.41) is 8.91. The zero-order chi connectivity index (χ0) is 22.1. The molecule has 0 saturated carbocycles. The maximum absolute atomic E-state index is 12.3. The first-order valence-corrected chi connectivity index (χ1v) is 10.7. The molecule has 1 aliphatic rings. The second kappa shape index (κ2) is 8.46. The largest absolute Gasteiger partial charge is 0.354 e. The number of piperazine rings is 1. The Kier molecular flexibility index (Phi) is 5.36. The number of rotatable bonds is 5. The van der Waals surface area contributed by atoms with Crippen molar-refractivity contribution in [3.05, 3.63) is 64.6 Å². The fourth-order valence-corrected chi connectivity index (χ4v) is 4.08. The smallest absolute Gasteiger partial charge is 0.266 e. The van der Waals surface area contributed by atoms with Gasteiger partial charge in [-0.25, -0.2) is 9.67 Å². The second-order valence-corrected chi connectivity index (χ2v) is 7.97. The molecule has 5 heterocycles. The predicted octanol–water partition coefficient (Wildman–Crippen LogP) is 1.18. The Balaban J connectivity index is 1.26.